The molecule has 6 nitrogen and oxygen atoms in total. The van der Waals surface area contributed by atoms with Crippen LogP contribution in [0.25, 0.3) is 0 Å². The summed E-state index contributed by atoms with van der Waals surface area (Å²) in [7, 11) is -3.34. The van der Waals surface area contributed by atoms with Gasteiger partial charge in [-0.1, -0.05) is 0 Å². The van der Waals surface area contributed by atoms with Crippen LogP contribution in [0.5, 0.6) is 0 Å². The molecule has 0 saturated carbocycles. The normalized spacial score (nSPS) is 17.7. The van der Waals surface area contributed by atoms with Gasteiger partial charge in [-0.3, -0.25) is 4.72 Å². The quantitative estimate of drug-likeness (QED) is 0.620. The lowest BCUT2D eigenvalue weighted by molar-refractivity contribution is 0.0601. The molecule has 1 fully saturated rings. The van der Waals surface area contributed by atoms with E-state index in [1.54, 1.807) is 39.0 Å². The first-order valence-corrected chi connectivity index (χ1v) is 13.8. The highest BCUT2D eigenvalue weighted by atomic mass is 32.2. The van der Waals surface area contributed by atoms with E-state index in [-0.39, 0.29) is 0 Å². The Kier molecular flexibility index (Phi) is 5.77. The molecule has 2 rings (SSSR count). The molecule has 0 unspecified atom stereocenters. The smallest absolute Gasteiger partial charge is 0.339 e. The van der Waals surface area contributed by atoms with E-state index in [9.17, 15) is 13.2 Å². The third-order valence-corrected chi connectivity index (χ3v) is 10.2. The molecule has 0 aliphatic carbocycles. The minimum atomic E-state index is -3.53. The molecule has 1 saturated heterocycles. The lowest BCUT2D eigenvalue weighted by atomic mass is 10.1. The fourth-order valence-electron chi connectivity index (χ4n) is 2.80. The first kappa shape index (κ1) is 20.8. The number of hydrogen-bond donors (Lipinski definition) is 1. The monoisotopic (exact) mass is 398 g/mol. The molecule has 1 aliphatic heterocycles. The Balaban J connectivity index is 2.39. The van der Waals surface area contributed by atoms with Crippen LogP contribution >= 0.6 is 0 Å². The van der Waals surface area contributed by atoms with Crippen LogP contribution in [0.4, 0.5) is 11.4 Å². The van der Waals surface area contributed by atoms with Crippen molar-refractivity contribution in [2.75, 3.05) is 29.8 Å². The van der Waals surface area contributed by atoms with Gasteiger partial charge in [0.1, 0.15) is 0 Å². The van der Waals surface area contributed by atoms with Crippen LogP contribution in [0, 0.1) is 0 Å². The SMILES string of the molecule is COC(=O)c1ccc(NS(=O)(=O)C(C)(C)C)cc1N1CC[Si-](C)(C)CC1. The minimum absolute atomic E-state index is 0.410. The molecule has 1 aromatic carbocycles. The van der Waals surface area contributed by atoms with Gasteiger partial charge in [-0.15, -0.1) is 20.2 Å². The topological polar surface area (TPSA) is 75.7 Å². The van der Waals surface area contributed by atoms with Crippen molar-refractivity contribution in [3.63, 3.8) is 0 Å². The van der Waals surface area contributed by atoms with Gasteiger partial charge in [0.05, 0.1) is 28.8 Å². The summed E-state index contributed by atoms with van der Waals surface area (Å²) in [6, 6.07) is 7.28. The molecule has 0 aromatic heterocycles. The molecular formula is C18H30N2O4SSi-. The number of carbonyl (C=O) groups excluding carboxylic acids is 1. The van der Waals surface area contributed by atoms with Crippen molar-refractivity contribution < 1.29 is 17.9 Å². The van der Waals surface area contributed by atoms with E-state index in [0.717, 1.165) is 30.9 Å². The Morgan fingerprint density at radius 2 is 1.77 bits per heavy atom. The Hall–Kier alpha value is -1.54. The van der Waals surface area contributed by atoms with Crippen LogP contribution in [0.2, 0.25) is 25.2 Å². The number of hydrogen-bond acceptors (Lipinski definition) is 5. The van der Waals surface area contributed by atoms with Crippen LogP contribution in [-0.2, 0) is 14.8 Å². The average molecular weight is 399 g/mol. The second kappa shape index (κ2) is 7.23. The lowest BCUT2D eigenvalue weighted by Crippen LogP contribution is -2.43. The molecule has 147 valence electrons. The highest BCUT2D eigenvalue weighted by molar-refractivity contribution is 7.94. The first-order valence-electron chi connectivity index (χ1n) is 8.86. The second-order valence-corrected chi connectivity index (χ2v) is 16.4. The molecule has 8 heteroatoms. The van der Waals surface area contributed by atoms with Crippen molar-refractivity contribution in [1.82, 2.24) is 0 Å². The molecule has 1 heterocycles. The molecule has 0 atom stereocenters. The summed E-state index contributed by atoms with van der Waals surface area (Å²) in [6.07, 6.45) is 0. The Morgan fingerprint density at radius 1 is 1.19 bits per heavy atom. The maximum Gasteiger partial charge on any atom is 0.339 e. The van der Waals surface area contributed by atoms with Gasteiger partial charge >= 0.3 is 5.97 Å². The van der Waals surface area contributed by atoms with Gasteiger partial charge < -0.3 is 9.64 Å². The van der Waals surface area contributed by atoms with E-state index in [4.69, 9.17) is 4.74 Å². The highest BCUT2D eigenvalue weighted by Crippen LogP contribution is 2.32. The number of anilines is 2. The third kappa shape index (κ3) is 4.59. The van der Waals surface area contributed by atoms with Gasteiger partial charge in [0.2, 0.25) is 10.0 Å². The number of sulfonamides is 1. The molecule has 1 N–H and O–H groups in total. The summed E-state index contributed by atoms with van der Waals surface area (Å²) in [5.74, 6) is -0.410. The molecule has 0 bridgehead atoms. The van der Waals surface area contributed by atoms with E-state index >= 15 is 0 Å². The predicted octanol–water partition coefficient (Wildman–Crippen LogP) is 3.54. The zero-order chi connectivity index (χ0) is 19.8. The number of benzene rings is 1. The van der Waals surface area contributed by atoms with Gasteiger partial charge in [0.15, 0.2) is 0 Å². The van der Waals surface area contributed by atoms with E-state index < -0.39 is 28.8 Å². The lowest BCUT2D eigenvalue weighted by Gasteiger charge is -2.45. The molecular weight excluding hydrogens is 368 g/mol. The summed E-state index contributed by atoms with van der Waals surface area (Å²) in [6.45, 7) is 11.4. The predicted molar refractivity (Wildman–Crippen MR) is 109 cm³/mol. The van der Waals surface area contributed by atoms with Crippen LogP contribution < -0.4 is 9.62 Å². The van der Waals surface area contributed by atoms with E-state index in [0.29, 0.717) is 11.3 Å². The number of nitrogens with zero attached hydrogens (tertiary/aromatic N) is 1. The maximum absolute atomic E-state index is 12.5. The Morgan fingerprint density at radius 3 is 2.27 bits per heavy atom. The minimum Gasteiger partial charge on any atom is -0.465 e. The van der Waals surface area contributed by atoms with Crippen LogP contribution in [-0.4, -0.2) is 47.4 Å². The second-order valence-electron chi connectivity index (χ2n) is 8.59. The molecule has 26 heavy (non-hydrogen) atoms. The Bertz CT molecular complexity index is 775. The van der Waals surface area contributed by atoms with E-state index in [2.05, 4.69) is 22.7 Å². The van der Waals surface area contributed by atoms with Crippen LogP contribution in [0.15, 0.2) is 18.2 Å². The zero-order valence-corrected chi connectivity index (χ0v) is 18.4. The zero-order valence-electron chi connectivity index (χ0n) is 16.5. The van der Waals surface area contributed by atoms with Gasteiger partial charge in [-0.25, -0.2) is 13.2 Å². The largest absolute Gasteiger partial charge is 0.465 e. The van der Waals surface area contributed by atoms with Crippen molar-refractivity contribution in [1.29, 1.82) is 0 Å². The fourth-order valence-corrected chi connectivity index (χ4v) is 5.54. The number of nitrogens with one attached hydrogen (secondary N) is 1. The number of esters is 1. The molecule has 1 aromatic rings. The molecule has 0 amide bonds. The van der Waals surface area contributed by atoms with Crippen LogP contribution in [0.3, 0.4) is 0 Å². The van der Waals surface area contributed by atoms with Crippen molar-refractivity contribution >= 4 is 35.4 Å². The van der Waals surface area contributed by atoms with Crippen LogP contribution in [0.1, 0.15) is 31.1 Å². The summed E-state index contributed by atoms with van der Waals surface area (Å²) in [5.41, 5.74) is 1.66. The van der Waals surface area contributed by atoms with Gasteiger partial charge in [0.25, 0.3) is 0 Å². The molecule has 0 spiro atoms. The van der Waals surface area contributed by atoms with Crippen molar-refractivity contribution in [2.45, 2.75) is 50.7 Å². The number of ether oxygens (including phenoxy) is 1. The number of methoxy groups -OCH3 is 1. The molecule has 0 radical (unpaired) electrons. The standard InChI is InChI=1S/C18H30N2O4SSi/c1-18(2,3)25(22,23)19-14-7-8-15(17(21)24-4)16(13-14)20-9-11-26(5,6)12-10-20/h7-8,13,19H,9-12H2,1-6H3/q-1. The number of rotatable bonds is 4. The summed E-state index contributed by atoms with van der Waals surface area (Å²) in [4.78, 5) is 14.3. The third-order valence-electron chi connectivity index (χ3n) is 4.92. The van der Waals surface area contributed by atoms with E-state index in [1.165, 1.54) is 7.11 Å². The van der Waals surface area contributed by atoms with Crippen molar-refractivity contribution in [2.24, 2.45) is 0 Å². The van der Waals surface area contributed by atoms with Gasteiger partial charge in [-0.2, -0.15) is 13.1 Å². The van der Waals surface area contributed by atoms with E-state index in [1.807, 2.05) is 0 Å². The fraction of sp³-hybridized carbons (Fsp3) is 0.611. The summed E-state index contributed by atoms with van der Waals surface area (Å²) < 4.78 is 31.5. The summed E-state index contributed by atoms with van der Waals surface area (Å²) in [5, 5.41) is 0. The summed E-state index contributed by atoms with van der Waals surface area (Å²) >= 11 is 0. The average Bonchev–Trinajstić information content (AvgIpc) is 2.52. The highest BCUT2D eigenvalue weighted by Gasteiger charge is 2.30. The Labute approximate surface area is 158 Å². The van der Waals surface area contributed by atoms with Crippen molar-refractivity contribution in [3.05, 3.63) is 23.8 Å². The van der Waals surface area contributed by atoms with Gasteiger partial charge in [-0.05, 0) is 52.1 Å². The maximum atomic E-state index is 12.5. The molecule has 1 aliphatic rings. The number of carbonyl (C=O) groups is 1. The first-order chi connectivity index (χ1) is 11.9. The van der Waals surface area contributed by atoms with Gasteiger partial charge in [0, 0.05) is 0 Å². The van der Waals surface area contributed by atoms with Crippen molar-refractivity contribution in [3.8, 4) is 0 Å².